The van der Waals surface area contributed by atoms with Crippen LogP contribution in [0.2, 0.25) is 0 Å². The topological polar surface area (TPSA) is 32.3 Å². The van der Waals surface area contributed by atoms with Gasteiger partial charge in [0.05, 0.1) is 6.54 Å². The maximum absolute atomic E-state index is 12.8. The maximum Gasteiger partial charge on any atom is 0.236 e. The van der Waals surface area contributed by atoms with E-state index in [2.05, 4.69) is 5.32 Å². The second-order valence-corrected chi connectivity index (χ2v) is 5.55. The Kier molecular flexibility index (Phi) is 5.53. The van der Waals surface area contributed by atoms with Gasteiger partial charge in [0, 0.05) is 19.1 Å². The minimum absolute atomic E-state index is 0.190. The van der Waals surface area contributed by atoms with Crippen molar-refractivity contribution in [2.24, 2.45) is 0 Å². The van der Waals surface area contributed by atoms with Gasteiger partial charge in [-0.1, -0.05) is 12.1 Å². The van der Waals surface area contributed by atoms with Crippen molar-refractivity contribution in [1.82, 2.24) is 10.2 Å². The van der Waals surface area contributed by atoms with E-state index < -0.39 is 0 Å². The SMILES string of the molecule is CC(Cc1ccc(F)cc1)NCC(=O)N1CCCCC1. The molecule has 0 saturated carbocycles. The average Bonchev–Trinajstić information content (AvgIpc) is 2.48. The monoisotopic (exact) mass is 278 g/mol. The van der Waals surface area contributed by atoms with Gasteiger partial charge in [-0.2, -0.15) is 0 Å². The molecule has 20 heavy (non-hydrogen) atoms. The van der Waals surface area contributed by atoms with Gasteiger partial charge in [-0.25, -0.2) is 4.39 Å². The van der Waals surface area contributed by atoms with Crippen LogP contribution in [0.4, 0.5) is 4.39 Å². The van der Waals surface area contributed by atoms with Gasteiger partial charge >= 0.3 is 0 Å². The summed E-state index contributed by atoms with van der Waals surface area (Å²) in [5.41, 5.74) is 1.08. The Morgan fingerprint density at radius 1 is 1.25 bits per heavy atom. The van der Waals surface area contributed by atoms with Gasteiger partial charge in [0.2, 0.25) is 5.91 Å². The van der Waals surface area contributed by atoms with Gasteiger partial charge in [0.1, 0.15) is 5.82 Å². The normalized spacial score (nSPS) is 17.0. The Balaban J connectivity index is 1.72. The molecule has 1 atom stereocenters. The van der Waals surface area contributed by atoms with Crippen molar-refractivity contribution in [2.45, 2.75) is 38.6 Å². The molecule has 4 heteroatoms. The smallest absolute Gasteiger partial charge is 0.236 e. The first-order chi connectivity index (χ1) is 9.65. The molecule has 0 bridgehead atoms. The molecule has 1 unspecified atom stereocenters. The first-order valence-corrected chi connectivity index (χ1v) is 7.41. The number of halogens is 1. The van der Waals surface area contributed by atoms with Crippen molar-refractivity contribution in [2.75, 3.05) is 19.6 Å². The number of carbonyl (C=O) groups is 1. The Bertz CT molecular complexity index is 427. The van der Waals surface area contributed by atoms with Crippen LogP contribution in [-0.4, -0.2) is 36.5 Å². The van der Waals surface area contributed by atoms with Crippen LogP contribution in [-0.2, 0) is 11.2 Å². The van der Waals surface area contributed by atoms with Crippen LogP contribution in [0.3, 0.4) is 0 Å². The van der Waals surface area contributed by atoms with Crippen LogP contribution in [0.25, 0.3) is 0 Å². The van der Waals surface area contributed by atoms with E-state index in [1.807, 2.05) is 11.8 Å². The fourth-order valence-electron chi connectivity index (χ4n) is 2.56. The van der Waals surface area contributed by atoms with Gasteiger partial charge in [-0.05, 0) is 50.3 Å². The predicted octanol–water partition coefficient (Wildman–Crippen LogP) is 2.36. The summed E-state index contributed by atoms with van der Waals surface area (Å²) in [5.74, 6) is -0.0229. The molecule has 1 fully saturated rings. The first kappa shape index (κ1) is 15.0. The van der Waals surface area contributed by atoms with Crippen molar-refractivity contribution in [1.29, 1.82) is 0 Å². The van der Waals surface area contributed by atoms with E-state index in [-0.39, 0.29) is 17.8 Å². The number of carbonyl (C=O) groups excluding carboxylic acids is 1. The number of amides is 1. The van der Waals surface area contributed by atoms with Crippen LogP contribution in [0.5, 0.6) is 0 Å². The number of likely N-dealkylation sites (tertiary alicyclic amines) is 1. The number of nitrogens with zero attached hydrogens (tertiary/aromatic N) is 1. The lowest BCUT2D eigenvalue weighted by Crippen LogP contribution is -2.43. The van der Waals surface area contributed by atoms with Gasteiger partial charge in [0.25, 0.3) is 0 Å². The summed E-state index contributed by atoms with van der Waals surface area (Å²) in [5, 5.41) is 3.26. The lowest BCUT2D eigenvalue weighted by atomic mass is 10.1. The molecule has 1 aromatic rings. The van der Waals surface area contributed by atoms with Crippen molar-refractivity contribution < 1.29 is 9.18 Å². The Morgan fingerprint density at radius 3 is 2.55 bits per heavy atom. The molecule has 1 amide bonds. The molecule has 1 aliphatic heterocycles. The highest BCUT2D eigenvalue weighted by atomic mass is 19.1. The van der Waals surface area contributed by atoms with Crippen molar-refractivity contribution in [3.63, 3.8) is 0 Å². The second kappa shape index (κ2) is 7.39. The van der Waals surface area contributed by atoms with Crippen molar-refractivity contribution >= 4 is 5.91 Å². The van der Waals surface area contributed by atoms with Crippen molar-refractivity contribution in [3.05, 3.63) is 35.6 Å². The fourth-order valence-corrected chi connectivity index (χ4v) is 2.56. The van der Waals surface area contributed by atoms with E-state index in [1.165, 1.54) is 18.6 Å². The number of piperidine rings is 1. The van der Waals surface area contributed by atoms with Crippen LogP contribution in [0.15, 0.2) is 24.3 Å². The van der Waals surface area contributed by atoms with E-state index in [9.17, 15) is 9.18 Å². The highest BCUT2D eigenvalue weighted by Gasteiger charge is 2.16. The van der Waals surface area contributed by atoms with E-state index in [0.717, 1.165) is 37.9 Å². The zero-order valence-corrected chi connectivity index (χ0v) is 12.1. The molecule has 0 aliphatic carbocycles. The molecule has 0 radical (unpaired) electrons. The molecule has 1 aromatic carbocycles. The van der Waals surface area contributed by atoms with E-state index >= 15 is 0 Å². The third-order valence-electron chi connectivity index (χ3n) is 3.77. The van der Waals surface area contributed by atoms with E-state index in [1.54, 1.807) is 12.1 Å². The number of benzene rings is 1. The van der Waals surface area contributed by atoms with Crippen LogP contribution >= 0.6 is 0 Å². The number of rotatable bonds is 5. The third kappa shape index (κ3) is 4.60. The van der Waals surface area contributed by atoms with Gasteiger partial charge < -0.3 is 10.2 Å². The van der Waals surface area contributed by atoms with E-state index in [4.69, 9.17) is 0 Å². The molecule has 1 aliphatic rings. The van der Waals surface area contributed by atoms with E-state index in [0.29, 0.717) is 6.54 Å². The minimum atomic E-state index is -0.213. The Labute approximate surface area is 120 Å². The molecule has 110 valence electrons. The standard InChI is InChI=1S/C16H23FN2O/c1-13(11-14-5-7-15(17)8-6-14)18-12-16(20)19-9-3-2-4-10-19/h5-8,13,18H,2-4,9-12H2,1H3. The van der Waals surface area contributed by atoms with Crippen molar-refractivity contribution in [3.8, 4) is 0 Å². The lowest BCUT2D eigenvalue weighted by Gasteiger charge is -2.27. The molecular weight excluding hydrogens is 255 g/mol. The van der Waals surface area contributed by atoms with Crippen LogP contribution < -0.4 is 5.32 Å². The molecular formula is C16H23FN2O. The summed E-state index contributed by atoms with van der Waals surface area (Å²) in [7, 11) is 0. The zero-order chi connectivity index (χ0) is 14.4. The molecule has 1 heterocycles. The van der Waals surface area contributed by atoms with Crippen LogP contribution in [0, 0.1) is 5.82 Å². The predicted molar refractivity (Wildman–Crippen MR) is 78.0 cm³/mol. The molecule has 0 spiro atoms. The quantitative estimate of drug-likeness (QED) is 0.896. The van der Waals surface area contributed by atoms with Gasteiger partial charge in [-0.15, -0.1) is 0 Å². The summed E-state index contributed by atoms with van der Waals surface area (Å²) in [6.45, 7) is 4.23. The zero-order valence-electron chi connectivity index (χ0n) is 12.1. The molecule has 1 N–H and O–H groups in total. The highest BCUT2D eigenvalue weighted by molar-refractivity contribution is 5.78. The summed E-state index contributed by atoms with van der Waals surface area (Å²) < 4.78 is 12.8. The highest BCUT2D eigenvalue weighted by Crippen LogP contribution is 2.09. The number of nitrogens with one attached hydrogen (secondary N) is 1. The Morgan fingerprint density at radius 2 is 1.90 bits per heavy atom. The number of hydrogen-bond donors (Lipinski definition) is 1. The summed E-state index contributed by atoms with van der Waals surface area (Å²) in [6.07, 6.45) is 4.28. The molecule has 1 saturated heterocycles. The minimum Gasteiger partial charge on any atom is -0.342 e. The molecule has 2 rings (SSSR count). The summed E-state index contributed by atoms with van der Waals surface area (Å²) in [6, 6.07) is 6.73. The second-order valence-electron chi connectivity index (χ2n) is 5.55. The Hall–Kier alpha value is -1.42. The largest absolute Gasteiger partial charge is 0.342 e. The number of hydrogen-bond acceptors (Lipinski definition) is 2. The van der Waals surface area contributed by atoms with Gasteiger partial charge in [-0.3, -0.25) is 4.79 Å². The lowest BCUT2D eigenvalue weighted by molar-refractivity contribution is -0.131. The molecule has 0 aromatic heterocycles. The van der Waals surface area contributed by atoms with Gasteiger partial charge in [0.15, 0.2) is 0 Å². The van der Waals surface area contributed by atoms with Crippen LogP contribution in [0.1, 0.15) is 31.7 Å². The molecule has 3 nitrogen and oxygen atoms in total. The summed E-state index contributed by atoms with van der Waals surface area (Å²) in [4.78, 5) is 14.0. The maximum atomic E-state index is 12.8. The average molecular weight is 278 g/mol. The fraction of sp³-hybridized carbons (Fsp3) is 0.562. The third-order valence-corrected chi connectivity index (χ3v) is 3.77. The summed E-state index contributed by atoms with van der Waals surface area (Å²) >= 11 is 0. The first-order valence-electron chi connectivity index (χ1n) is 7.41.